The Labute approximate surface area is 121 Å². The first-order valence-corrected chi connectivity index (χ1v) is 7.75. The third kappa shape index (κ3) is 4.03. The summed E-state index contributed by atoms with van der Waals surface area (Å²) in [5, 5.41) is 10.5. The molecule has 1 fully saturated rings. The van der Waals surface area contributed by atoms with Crippen molar-refractivity contribution in [3.8, 4) is 0 Å². The second kappa shape index (κ2) is 7.75. The SMILES string of the molecule is CCOC(C(O)Cc1ccccc1F)C1CCCCC1. The number of aliphatic hydroxyl groups excluding tert-OH is 1. The Kier molecular flexibility index (Phi) is 5.99. The molecule has 0 saturated heterocycles. The maximum absolute atomic E-state index is 13.7. The van der Waals surface area contributed by atoms with E-state index in [1.165, 1.54) is 25.3 Å². The van der Waals surface area contributed by atoms with Crippen LogP contribution < -0.4 is 0 Å². The van der Waals surface area contributed by atoms with Gasteiger partial charge in [0, 0.05) is 13.0 Å². The standard InChI is InChI=1S/C17H25FO2/c1-2-20-17(13-8-4-3-5-9-13)16(19)12-14-10-6-7-11-15(14)18/h6-7,10-11,13,16-17,19H,2-5,8-9,12H2,1H3. The van der Waals surface area contributed by atoms with Crippen molar-refractivity contribution in [3.63, 3.8) is 0 Å². The third-order valence-corrected chi connectivity index (χ3v) is 4.24. The van der Waals surface area contributed by atoms with Crippen LogP contribution in [0.3, 0.4) is 0 Å². The highest BCUT2D eigenvalue weighted by atomic mass is 19.1. The molecule has 1 aliphatic rings. The van der Waals surface area contributed by atoms with Gasteiger partial charge >= 0.3 is 0 Å². The lowest BCUT2D eigenvalue weighted by Crippen LogP contribution is -2.38. The molecule has 0 radical (unpaired) electrons. The van der Waals surface area contributed by atoms with E-state index in [-0.39, 0.29) is 11.9 Å². The zero-order chi connectivity index (χ0) is 14.4. The quantitative estimate of drug-likeness (QED) is 0.860. The third-order valence-electron chi connectivity index (χ3n) is 4.24. The molecule has 2 atom stereocenters. The van der Waals surface area contributed by atoms with Crippen LogP contribution in [0.25, 0.3) is 0 Å². The van der Waals surface area contributed by atoms with Gasteiger partial charge in [0.1, 0.15) is 5.82 Å². The minimum Gasteiger partial charge on any atom is -0.390 e. The number of ether oxygens (including phenoxy) is 1. The van der Waals surface area contributed by atoms with Crippen LogP contribution in [0, 0.1) is 11.7 Å². The lowest BCUT2D eigenvalue weighted by Gasteiger charge is -2.33. The highest BCUT2D eigenvalue weighted by molar-refractivity contribution is 5.18. The first-order valence-electron chi connectivity index (χ1n) is 7.75. The molecule has 1 saturated carbocycles. The van der Waals surface area contributed by atoms with E-state index in [4.69, 9.17) is 4.74 Å². The van der Waals surface area contributed by atoms with Crippen LogP contribution in [0.5, 0.6) is 0 Å². The highest BCUT2D eigenvalue weighted by Crippen LogP contribution is 2.30. The summed E-state index contributed by atoms with van der Waals surface area (Å²) in [6.07, 6.45) is 5.45. The molecule has 0 spiro atoms. The minimum absolute atomic E-state index is 0.167. The molecule has 1 aromatic carbocycles. The number of rotatable bonds is 6. The molecule has 2 rings (SSSR count). The normalized spacial score (nSPS) is 19.8. The Bertz CT molecular complexity index is 402. The Hall–Kier alpha value is -0.930. The molecule has 1 aromatic rings. The Morgan fingerprint density at radius 2 is 1.95 bits per heavy atom. The zero-order valence-electron chi connectivity index (χ0n) is 12.2. The molecule has 3 heteroatoms. The topological polar surface area (TPSA) is 29.5 Å². The van der Waals surface area contributed by atoms with Crippen LogP contribution in [0.1, 0.15) is 44.6 Å². The Balaban J connectivity index is 2.02. The van der Waals surface area contributed by atoms with Crippen LogP contribution in [0.2, 0.25) is 0 Å². The predicted molar refractivity (Wildman–Crippen MR) is 78.1 cm³/mol. The van der Waals surface area contributed by atoms with Gasteiger partial charge in [0.2, 0.25) is 0 Å². The van der Waals surface area contributed by atoms with E-state index in [9.17, 15) is 9.50 Å². The van der Waals surface area contributed by atoms with Crippen molar-refractivity contribution in [3.05, 3.63) is 35.6 Å². The fraction of sp³-hybridized carbons (Fsp3) is 0.647. The molecular formula is C17H25FO2. The van der Waals surface area contributed by atoms with Crippen LogP contribution >= 0.6 is 0 Å². The molecule has 112 valence electrons. The van der Waals surface area contributed by atoms with Crippen LogP contribution in [0.15, 0.2) is 24.3 Å². The molecular weight excluding hydrogens is 255 g/mol. The first kappa shape index (κ1) is 15.5. The summed E-state index contributed by atoms with van der Waals surface area (Å²) >= 11 is 0. The van der Waals surface area contributed by atoms with Crippen molar-refractivity contribution >= 4 is 0 Å². The molecule has 1 N–H and O–H groups in total. The van der Waals surface area contributed by atoms with E-state index in [1.54, 1.807) is 18.2 Å². The fourth-order valence-electron chi connectivity index (χ4n) is 3.22. The summed E-state index contributed by atoms with van der Waals surface area (Å²) in [5.41, 5.74) is 0.570. The van der Waals surface area contributed by atoms with Gasteiger partial charge in [-0.2, -0.15) is 0 Å². The molecule has 0 bridgehead atoms. The van der Waals surface area contributed by atoms with Gasteiger partial charge in [-0.3, -0.25) is 0 Å². The molecule has 1 aliphatic carbocycles. The second-order valence-corrected chi connectivity index (χ2v) is 5.68. The molecule has 2 unspecified atom stereocenters. The largest absolute Gasteiger partial charge is 0.390 e. The van der Waals surface area contributed by atoms with Crippen molar-refractivity contribution < 1.29 is 14.2 Å². The van der Waals surface area contributed by atoms with Gasteiger partial charge in [-0.1, -0.05) is 37.5 Å². The lowest BCUT2D eigenvalue weighted by molar-refractivity contribution is -0.0717. The van der Waals surface area contributed by atoms with Crippen LogP contribution in [0.4, 0.5) is 4.39 Å². The summed E-state index contributed by atoms with van der Waals surface area (Å²) < 4.78 is 19.5. The van der Waals surface area contributed by atoms with Crippen LogP contribution in [-0.4, -0.2) is 23.9 Å². The molecule has 0 heterocycles. The molecule has 0 aliphatic heterocycles. The van der Waals surface area contributed by atoms with Gasteiger partial charge in [-0.15, -0.1) is 0 Å². The van der Waals surface area contributed by atoms with Gasteiger partial charge in [0.25, 0.3) is 0 Å². The number of benzene rings is 1. The highest BCUT2D eigenvalue weighted by Gasteiger charge is 2.30. The smallest absolute Gasteiger partial charge is 0.126 e. The maximum Gasteiger partial charge on any atom is 0.126 e. The Morgan fingerprint density at radius 1 is 1.25 bits per heavy atom. The monoisotopic (exact) mass is 280 g/mol. The van der Waals surface area contributed by atoms with E-state index >= 15 is 0 Å². The van der Waals surface area contributed by atoms with Crippen molar-refractivity contribution in [2.75, 3.05) is 6.61 Å². The first-order chi connectivity index (χ1) is 9.72. The predicted octanol–water partition coefficient (Wildman–Crippen LogP) is 3.71. The second-order valence-electron chi connectivity index (χ2n) is 5.68. The van der Waals surface area contributed by atoms with E-state index in [1.807, 2.05) is 6.92 Å². The minimum atomic E-state index is -0.630. The molecule has 2 nitrogen and oxygen atoms in total. The average Bonchev–Trinajstić information content (AvgIpc) is 2.48. The van der Waals surface area contributed by atoms with Crippen molar-refractivity contribution in [1.29, 1.82) is 0 Å². The summed E-state index contributed by atoms with van der Waals surface area (Å²) in [4.78, 5) is 0. The summed E-state index contributed by atoms with van der Waals surface area (Å²) in [6, 6.07) is 6.66. The van der Waals surface area contributed by atoms with Crippen molar-refractivity contribution in [1.82, 2.24) is 0 Å². The maximum atomic E-state index is 13.7. The van der Waals surface area contributed by atoms with Crippen molar-refractivity contribution in [2.24, 2.45) is 5.92 Å². The zero-order valence-corrected chi connectivity index (χ0v) is 12.2. The van der Waals surface area contributed by atoms with E-state index in [0.29, 0.717) is 24.5 Å². The summed E-state index contributed by atoms with van der Waals surface area (Å²) in [7, 11) is 0. The number of halogens is 1. The van der Waals surface area contributed by atoms with E-state index in [0.717, 1.165) is 12.8 Å². The van der Waals surface area contributed by atoms with Crippen molar-refractivity contribution in [2.45, 2.75) is 57.7 Å². The summed E-state index contributed by atoms with van der Waals surface area (Å²) in [5.74, 6) is 0.163. The Morgan fingerprint density at radius 3 is 2.60 bits per heavy atom. The number of hydrogen-bond acceptors (Lipinski definition) is 2. The van der Waals surface area contributed by atoms with E-state index in [2.05, 4.69) is 0 Å². The number of hydrogen-bond donors (Lipinski definition) is 1. The van der Waals surface area contributed by atoms with Gasteiger partial charge in [0.05, 0.1) is 12.2 Å². The fourth-order valence-corrected chi connectivity index (χ4v) is 3.22. The van der Waals surface area contributed by atoms with E-state index < -0.39 is 6.10 Å². The molecule has 20 heavy (non-hydrogen) atoms. The van der Waals surface area contributed by atoms with Crippen LogP contribution in [-0.2, 0) is 11.2 Å². The van der Waals surface area contributed by atoms with Gasteiger partial charge in [-0.25, -0.2) is 4.39 Å². The summed E-state index contributed by atoms with van der Waals surface area (Å²) in [6.45, 7) is 2.54. The van der Waals surface area contributed by atoms with Gasteiger partial charge in [-0.05, 0) is 37.3 Å². The van der Waals surface area contributed by atoms with Gasteiger partial charge < -0.3 is 9.84 Å². The molecule has 0 amide bonds. The molecule has 0 aromatic heterocycles. The lowest BCUT2D eigenvalue weighted by atomic mass is 9.82. The average molecular weight is 280 g/mol. The van der Waals surface area contributed by atoms with Gasteiger partial charge in [0.15, 0.2) is 0 Å². The number of aliphatic hydroxyl groups is 1.